The van der Waals surface area contributed by atoms with Gasteiger partial charge in [-0.15, -0.1) is 0 Å². The molecule has 13 heavy (non-hydrogen) atoms. The standard InChI is InChI=1S/F8O2Si3/c1-11(2,3)9-13(7,8)10-12(4,5)6. The average Bonchev–Trinajstić information content (AvgIpc) is 1.43. The highest BCUT2D eigenvalue weighted by molar-refractivity contribution is 6.72. The molecule has 0 fully saturated rings. The maximum atomic E-state index is 11.7. The van der Waals surface area contributed by atoms with Crippen LogP contribution < -0.4 is 0 Å². The molecule has 0 N–H and O–H groups in total. The Kier molecular flexibility index (Phi) is 3.64. The van der Waals surface area contributed by atoms with Crippen molar-refractivity contribution < 1.29 is 41.1 Å². The van der Waals surface area contributed by atoms with Crippen LogP contribution in [-0.2, 0) is 8.23 Å². The quantitative estimate of drug-likeness (QED) is 0.441. The largest absolute Gasteiger partial charge is 0.797 e. The van der Waals surface area contributed by atoms with Crippen LogP contribution in [-0.4, -0.2) is 27.9 Å². The minimum Gasteiger partial charge on any atom is -0.310 e. The topological polar surface area (TPSA) is 18.5 Å². The van der Waals surface area contributed by atoms with E-state index in [4.69, 9.17) is 0 Å². The summed E-state index contributed by atoms with van der Waals surface area (Å²) >= 11 is 0. The first-order valence-electron chi connectivity index (χ1n) is 2.33. The Balaban J connectivity index is 4.25. The summed E-state index contributed by atoms with van der Waals surface area (Å²) in [5.74, 6) is 0. The molecular formula is F8O2Si3. The van der Waals surface area contributed by atoms with Crippen LogP contribution in [0.2, 0.25) is 0 Å². The number of hydrogen-bond acceptors (Lipinski definition) is 2. The summed E-state index contributed by atoms with van der Waals surface area (Å²) in [5, 5.41) is 0. The minimum atomic E-state index is -7.18. The van der Waals surface area contributed by atoms with Gasteiger partial charge in [-0.05, 0) is 0 Å². The smallest absolute Gasteiger partial charge is 0.310 e. The van der Waals surface area contributed by atoms with Crippen LogP contribution in [0.25, 0.3) is 0 Å². The molecule has 0 bridgehead atoms. The van der Waals surface area contributed by atoms with Gasteiger partial charge in [-0.25, -0.2) is 32.9 Å². The lowest BCUT2D eigenvalue weighted by Crippen LogP contribution is -2.46. The zero-order chi connectivity index (χ0) is 10.9. The van der Waals surface area contributed by atoms with Crippen molar-refractivity contribution in [3.63, 3.8) is 0 Å². The van der Waals surface area contributed by atoms with E-state index in [-0.39, 0.29) is 0 Å². The van der Waals surface area contributed by atoms with Crippen molar-refractivity contribution in [3.05, 3.63) is 0 Å². The highest BCUT2D eigenvalue weighted by atomic mass is 28.6. The summed E-state index contributed by atoms with van der Waals surface area (Å²) in [4.78, 5) is 0. The molecule has 0 radical (unpaired) electrons. The molecule has 0 saturated carbocycles. The van der Waals surface area contributed by atoms with Crippen LogP contribution in [0.4, 0.5) is 32.9 Å². The highest BCUT2D eigenvalue weighted by Gasteiger charge is 2.65. The summed E-state index contributed by atoms with van der Waals surface area (Å²) < 4.78 is 94.6. The van der Waals surface area contributed by atoms with E-state index in [1.165, 1.54) is 0 Å². The van der Waals surface area contributed by atoms with E-state index >= 15 is 0 Å². The SMILES string of the molecule is F[Si](F)(F)O[Si](F)(F)O[Si](F)(F)F. The molecule has 0 saturated heterocycles. The van der Waals surface area contributed by atoms with Gasteiger partial charge in [-0.1, -0.05) is 0 Å². The van der Waals surface area contributed by atoms with Gasteiger partial charge in [0, 0.05) is 0 Å². The molecule has 0 atom stereocenters. The second-order valence-corrected chi connectivity index (χ2v) is 5.90. The van der Waals surface area contributed by atoms with Gasteiger partial charge in [0.25, 0.3) is 0 Å². The second-order valence-electron chi connectivity index (χ2n) is 1.56. The summed E-state index contributed by atoms with van der Waals surface area (Å²) in [6.07, 6.45) is 0. The molecule has 80 valence electrons. The molecule has 0 rings (SSSR count). The van der Waals surface area contributed by atoms with Crippen molar-refractivity contribution in [1.29, 1.82) is 0 Å². The Morgan fingerprint density at radius 3 is 0.923 bits per heavy atom. The molecule has 0 spiro atoms. The van der Waals surface area contributed by atoms with E-state index in [0.717, 1.165) is 0 Å². The first kappa shape index (κ1) is 13.0. The summed E-state index contributed by atoms with van der Waals surface area (Å²) in [6.45, 7) is 0. The van der Waals surface area contributed by atoms with Crippen LogP contribution in [0.3, 0.4) is 0 Å². The Morgan fingerprint density at radius 1 is 0.538 bits per heavy atom. The van der Waals surface area contributed by atoms with Gasteiger partial charge in [0.15, 0.2) is 0 Å². The van der Waals surface area contributed by atoms with E-state index in [1.54, 1.807) is 0 Å². The number of rotatable bonds is 4. The lowest BCUT2D eigenvalue weighted by molar-refractivity contribution is 0.137. The highest BCUT2D eigenvalue weighted by Crippen LogP contribution is 2.26. The Morgan fingerprint density at radius 2 is 0.769 bits per heavy atom. The van der Waals surface area contributed by atoms with E-state index in [9.17, 15) is 32.9 Å². The fourth-order valence-corrected chi connectivity index (χ4v) is 2.99. The van der Waals surface area contributed by atoms with Crippen molar-refractivity contribution in [2.45, 2.75) is 0 Å². The molecule has 0 aliphatic rings. The van der Waals surface area contributed by atoms with E-state index in [1.807, 2.05) is 8.23 Å². The first-order valence-corrected chi connectivity index (χ1v) is 6.99. The Labute approximate surface area is 70.0 Å². The molecular weight excluding hydrogens is 268 g/mol. The third kappa shape index (κ3) is 8.34. The molecule has 0 aliphatic carbocycles. The van der Waals surface area contributed by atoms with Crippen molar-refractivity contribution >= 4 is 27.9 Å². The zero-order valence-electron chi connectivity index (χ0n) is 5.34. The maximum absolute atomic E-state index is 11.7. The molecule has 0 unspecified atom stereocenters. The third-order valence-electron chi connectivity index (χ3n) is 0.469. The van der Waals surface area contributed by atoms with Gasteiger partial charge in [-0.3, -0.25) is 0 Å². The van der Waals surface area contributed by atoms with Crippen molar-refractivity contribution in [1.82, 2.24) is 0 Å². The second kappa shape index (κ2) is 3.64. The molecule has 2 nitrogen and oxygen atoms in total. The predicted molar refractivity (Wildman–Crippen MR) is 28.3 cm³/mol. The molecule has 0 amide bonds. The van der Waals surface area contributed by atoms with E-state index < -0.39 is 27.9 Å². The van der Waals surface area contributed by atoms with E-state index in [0.29, 0.717) is 0 Å². The van der Waals surface area contributed by atoms with Gasteiger partial charge < -0.3 is 8.23 Å². The zero-order valence-corrected chi connectivity index (χ0v) is 8.34. The van der Waals surface area contributed by atoms with Crippen LogP contribution in [0.15, 0.2) is 0 Å². The van der Waals surface area contributed by atoms with Crippen molar-refractivity contribution in [2.75, 3.05) is 0 Å². The van der Waals surface area contributed by atoms with Crippen LogP contribution in [0.5, 0.6) is 0 Å². The fourth-order valence-electron chi connectivity index (χ4n) is 0.290. The molecule has 0 aromatic carbocycles. The summed E-state index contributed by atoms with van der Waals surface area (Å²) in [6, 6.07) is 0. The average molecular weight is 268 g/mol. The first-order chi connectivity index (χ1) is 5.41. The monoisotopic (exact) mass is 268 g/mol. The Hall–Kier alpha value is 0.0106. The molecule has 0 aromatic heterocycles. The molecule has 13 heteroatoms. The molecule has 0 heterocycles. The van der Waals surface area contributed by atoms with Gasteiger partial charge in [-0.2, -0.15) is 0 Å². The summed E-state index contributed by atoms with van der Waals surface area (Å²) in [7, 11) is -21.5. The third-order valence-corrected chi connectivity index (χ3v) is 4.22. The number of halogens is 8. The minimum absolute atomic E-state index is 2.04. The number of hydrogen-bond donors (Lipinski definition) is 0. The van der Waals surface area contributed by atoms with Gasteiger partial charge >= 0.3 is 27.9 Å². The van der Waals surface area contributed by atoms with Gasteiger partial charge in [0.1, 0.15) is 0 Å². The Bertz CT molecular complexity index is 149. The predicted octanol–water partition coefficient (Wildman–Crippen LogP) is 2.08. The van der Waals surface area contributed by atoms with Crippen molar-refractivity contribution in [3.8, 4) is 0 Å². The van der Waals surface area contributed by atoms with Crippen LogP contribution >= 0.6 is 0 Å². The maximum Gasteiger partial charge on any atom is 0.797 e. The lowest BCUT2D eigenvalue weighted by Gasteiger charge is -2.13. The molecule has 0 aromatic rings. The fraction of sp³-hybridized carbons (Fsp3) is 0. The summed E-state index contributed by atoms with van der Waals surface area (Å²) in [5.41, 5.74) is 0. The van der Waals surface area contributed by atoms with Crippen molar-refractivity contribution in [2.24, 2.45) is 0 Å². The normalized spacial score (nSPS) is 14.8. The van der Waals surface area contributed by atoms with Crippen LogP contribution in [0.1, 0.15) is 0 Å². The molecule has 0 aliphatic heterocycles. The van der Waals surface area contributed by atoms with Crippen LogP contribution in [0, 0.1) is 0 Å². The van der Waals surface area contributed by atoms with Gasteiger partial charge in [0.2, 0.25) is 0 Å². The van der Waals surface area contributed by atoms with Gasteiger partial charge in [0.05, 0.1) is 0 Å². The lowest BCUT2D eigenvalue weighted by atomic mass is 15.7. The van der Waals surface area contributed by atoms with E-state index in [2.05, 4.69) is 0 Å².